The Morgan fingerprint density at radius 1 is 1.41 bits per heavy atom. The zero-order valence-corrected chi connectivity index (χ0v) is 9.39. The Labute approximate surface area is 101 Å². The average Bonchev–Trinajstić information content (AvgIpc) is 2.63. The Kier molecular flexibility index (Phi) is 3.31. The molecule has 17 heavy (non-hydrogen) atoms. The van der Waals surface area contributed by atoms with Crippen molar-refractivity contribution in [2.45, 2.75) is 12.3 Å². The zero-order valence-electron chi connectivity index (χ0n) is 8.63. The molecule has 1 atom stereocenters. The summed E-state index contributed by atoms with van der Waals surface area (Å²) in [5.41, 5.74) is -0.555. The van der Waals surface area contributed by atoms with Crippen molar-refractivity contribution >= 4 is 11.6 Å². The van der Waals surface area contributed by atoms with Gasteiger partial charge in [0.25, 0.3) is 0 Å². The molecule has 0 saturated carbocycles. The molecule has 2 N–H and O–H groups in total. The molecule has 0 aliphatic carbocycles. The fourth-order valence-electron chi connectivity index (χ4n) is 1.77. The lowest BCUT2D eigenvalue weighted by Crippen LogP contribution is -2.24. The molecule has 1 aliphatic heterocycles. The Hall–Kier alpha value is -0.820. The minimum atomic E-state index is -4.49. The molecule has 1 unspecified atom stereocenters. The summed E-state index contributed by atoms with van der Waals surface area (Å²) in [6.45, 7) is 0.889. The summed E-state index contributed by atoms with van der Waals surface area (Å²) in [6, 6.07) is 3.60. The van der Waals surface area contributed by atoms with Crippen molar-refractivity contribution in [3.8, 4) is 0 Å². The van der Waals surface area contributed by atoms with Gasteiger partial charge in [-0.25, -0.2) is 0 Å². The minimum absolute atomic E-state index is 0.335. The highest BCUT2D eigenvalue weighted by Crippen LogP contribution is 2.36. The van der Waals surface area contributed by atoms with E-state index in [1.165, 1.54) is 12.1 Å². The first kappa shape index (κ1) is 12.6. The van der Waals surface area contributed by atoms with E-state index in [1.807, 2.05) is 0 Å². The van der Waals surface area contributed by atoms with E-state index >= 15 is 0 Å². The standard InChI is InChI=1S/C10H10ClF3N2O/c11-8-2-1-6(5-7(8)10(12,13)14)9-15-3-4-16(9)17/h1-2,5,9,15,17H,3-4H2. The van der Waals surface area contributed by atoms with Crippen molar-refractivity contribution in [3.05, 3.63) is 34.3 Å². The predicted molar refractivity (Wildman–Crippen MR) is 55.7 cm³/mol. The van der Waals surface area contributed by atoms with E-state index in [-0.39, 0.29) is 5.02 Å². The quantitative estimate of drug-likeness (QED) is 0.820. The number of nitrogens with zero attached hydrogens (tertiary/aromatic N) is 1. The van der Waals surface area contributed by atoms with Crippen LogP contribution in [0.4, 0.5) is 13.2 Å². The number of hydrogen-bond acceptors (Lipinski definition) is 3. The van der Waals surface area contributed by atoms with Crippen LogP contribution in [0, 0.1) is 0 Å². The highest BCUT2D eigenvalue weighted by atomic mass is 35.5. The van der Waals surface area contributed by atoms with Gasteiger partial charge in [0.05, 0.1) is 10.6 Å². The van der Waals surface area contributed by atoms with Crippen LogP contribution in [0.25, 0.3) is 0 Å². The third-order valence-electron chi connectivity index (χ3n) is 2.59. The smallest absolute Gasteiger partial charge is 0.312 e. The monoisotopic (exact) mass is 266 g/mol. The van der Waals surface area contributed by atoms with Crippen molar-refractivity contribution in [2.75, 3.05) is 13.1 Å². The van der Waals surface area contributed by atoms with Gasteiger partial charge in [0, 0.05) is 13.1 Å². The zero-order chi connectivity index (χ0) is 12.6. The van der Waals surface area contributed by atoms with Gasteiger partial charge in [-0.05, 0) is 17.7 Å². The molecule has 0 radical (unpaired) electrons. The van der Waals surface area contributed by atoms with Gasteiger partial charge in [0.15, 0.2) is 0 Å². The maximum atomic E-state index is 12.6. The molecule has 0 aromatic heterocycles. The number of hydrogen-bond donors (Lipinski definition) is 2. The van der Waals surface area contributed by atoms with Crippen molar-refractivity contribution in [3.63, 3.8) is 0 Å². The Bertz CT molecular complexity index is 425. The van der Waals surface area contributed by atoms with Gasteiger partial charge in [0.1, 0.15) is 6.17 Å². The number of hydroxylamine groups is 2. The van der Waals surface area contributed by atoms with Crippen molar-refractivity contribution in [1.29, 1.82) is 0 Å². The summed E-state index contributed by atoms with van der Waals surface area (Å²) in [5, 5.41) is 13.0. The lowest BCUT2D eigenvalue weighted by Gasteiger charge is -2.19. The average molecular weight is 267 g/mol. The van der Waals surface area contributed by atoms with Gasteiger partial charge in [-0.1, -0.05) is 17.7 Å². The first-order valence-corrected chi connectivity index (χ1v) is 5.33. The Balaban J connectivity index is 2.37. The van der Waals surface area contributed by atoms with E-state index < -0.39 is 17.9 Å². The Morgan fingerprint density at radius 2 is 2.12 bits per heavy atom. The minimum Gasteiger partial charge on any atom is -0.312 e. The summed E-state index contributed by atoms with van der Waals surface area (Å²) in [5.74, 6) is 0. The van der Waals surface area contributed by atoms with Gasteiger partial charge < -0.3 is 5.21 Å². The van der Waals surface area contributed by atoms with E-state index in [1.54, 1.807) is 0 Å². The molecule has 2 rings (SSSR count). The van der Waals surface area contributed by atoms with E-state index in [0.717, 1.165) is 11.1 Å². The molecule has 94 valence electrons. The molecular formula is C10H10ClF3N2O. The van der Waals surface area contributed by atoms with Gasteiger partial charge >= 0.3 is 6.18 Å². The molecule has 1 aromatic carbocycles. The molecule has 0 spiro atoms. The third-order valence-corrected chi connectivity index (χ3v) is 2.92. The number of nitrogens with one attached hydrogen (secondary N) is 1. The van der Waals surface area contributed by atoms with Crippen molar-refractivity contribution in [1.82, 2.24) is 10.4 Å². The van der Waals surface area contributed by atoms with Crippen LogP contribution in [0.2, 0.25) is 5.02 Å². The maximum absolute atomic E-state index is 12.6. The van der Waals surface area contributed by atoms with Crippen LogP contribution >= 0.6 is 11.6 Å². The van der Waals surface area contributed by atoms with Crippen LogP contribution < -0.4 is 5.32 Å². The van der Waals surface area contributed by atoms with Crippen molar-refractivity contribution < 1.29 is 18.4 Å². The highest BCUT2D eigenvalue weighted by Gasteiger charge is 2.34. The Morgan fingerprint density at radius 3 is 2.65 bits per heavy atom. The van der Waals surface area contributed by atoms with Gasteiger partial charge in [-0.2, -0.15) is 18.2 Å². The fourth-order valence-corrected chi connectivity index (χ4v) is 2.00. The molecular weight excluding hydrogens is 257 g/mol. The lowest BCUT2D eigenvalue weighted by molar-refractivity contribution is -0.138. The molecule has 7 heteroatoms. The van der Waals surface area contributed by atoms with Crippen LogP contribution in [0.1, 0.15) is 17.3 Å². The van der Waals surface area contributed by atoms with Crippen LogP contribution in [0.3, 0.4) is 0 Å². The SMILES string of the molecule is ON1CCNC1c1ccc(Cl)c(C(F)(F)F)c1. The maximum Gasteiger partial charge on any atom is 0.417 e. The van der Waals surface area contributed by atoms with E-state index in [2.05, 4.69) is 5.32 Å². The first-order chi connectivity index (χ1) is 7.89. The summed E-state index contributed by atoms with van der Waals surface area (Å²) in [7, 11) is 0. The fraction of sp³-hybridized carbons (Fsp3) is 0.400. The first-order valence-electron chi connectivity index (χ1n) is 4.95. The third kappa shape index (κ3) is 2.55. The lowest BCUT2D eigenvalue weighted by atomic mass is 10.1. The summed E-state index contributed by atoms with van der Waals surface area (Å²) in [6.07, 6.45) is -5.11. The largest absolute Gasteiger partial charge is 0.417 e. The second-order valence-corrected chi connectivity index (χ2v) is 4.16. The normalized spacial score (nSPS) is 22.1. The summed E-state index contributed by atoms with van der Waals surface area (Å²) < 4.78 is 37.9. The second-order valence-electron chi connectivity index (χ2n) is 3.76. The van der Waals surface area contributed by atoms with Gasteiger partial charge in [-0.15, -0.1) is 0 Å². The summed E-state index contributed by atoms with van der Waals surface area (Å²) >= 11 is 5.51. The van der Waals surface area contributed by atoms with E-state index in [4.69, 9.17) is 11.6 Å². The molecule has 0 bridgehead atoms. The molecule has 1 heterocycles. The summed E-state index contributed by atoms with van der Waals surface area (Å²) in [4.78, 5) is 0. The molecule has 1 aromatic rings. The van der Waals surface area contributed by atoms with Crippen LogP contribution in [0.15, 0.2) is 18.2 Å². The number of benzene rings is 1. The highest BCUT2D eigenvalue weighted by molar-refractivity contribution is 6.31. The molecule has 0 amide bonds. The van der Waals surface area contributed by atoms with Crippen LogP contribution in [-0.2, 0) is 6.18 Å². The molecule has 1 fully saturated rings. The predicted octanol–water partition coefficient (Wildman–Crippen LogP) is 2.65. The van der Waals surface area contributed by atoms with Crippen LogP contribution in [-0.4, -0.2) is 23.4 Å². The van der Waals surface area contributed by atoms with Gasteiger partial charge in [-0.3, -0.25) is 5.32 Å². The topological polar surface area (TPSA) is 35.5 Å². The van der Waals surface area contributed by atoms with E-state index in [0.29, 0.717) is 18.7 Å². The number of rotatable bonds is 1. The van der Waals surface area contributed by atoms with Gasteiger partial charge in [0.2, 0.25) is 0 Å². The molecule has 3 nitrogen and oxygen atoms in total. The van der Waals surface area contributed by atoms with Crippen molar-refractivity contribution in [2.24, 2.45) is 0 Å². The second kappa shape index (κ2) is 4.45. The van der Waals surface area contributed by atoms with E-state index in [9.17, 15) is 18.4 Å². The number of alkyl halides is 3. The van der Waals surface area contributed by atoms with Crippen LogP contribution in [0.5, 0.6) is 0 Å². The molecule has 1 aliphatic rings. The number of halogens is 4. The molecule has 1 saturated heterocycles.